The van der Waals surface area contributed by atoms with Crippen molar-refractivity contribution >= 4 is 9.24 Å². The third-order valence-electron chi connectivity index (χ3n) is 3.08. The molecule has 0 saturated carbocycles. The van der Waals surface area contributed by atoms with Gasteiger partial charge in [0.15, 0.2) is 0 Å². The standard InChI is InChI=1S/C13H29P.H3N.H2O/c1-4-7-10-13(14,11-8-5-2)12-9-6-3;;/h4-12,14H2,1-3H3;1H3;1H2. The van der Waals surface area contributed by atoms with Crippen molar-refractivity contribution in [3.8, 4) is 0 Å². The normalized spacial score (nSPS) is 10.5. The van der Waals surface area contributed by atoms with Crippen molar-refractivity contribution in [1.82, 2.24) is 6.15 Å². The largest absolute Gasteiger partial charge is 0.412 e. The highest BCUT2D eigenvalue weighted by molar-refractivity contribution is 7.19. The SMILES string of the molecule is CCCCC(P)(CCCC)CCCC.N.O. The molecule has 0 aliphatic rings. The Morgan fingerprint density at radius 2 is 1.00 bits per heavy atom. The molecular formula is C13H34NOP. The van der Waals surface area contributed by atoms with Crippen LogP contribution in [-0.2, 0) is 0 Å². The summed E-state index contributed by atoms with van der Waals surface area (Å²) in [6.07, 6.45) is 12.5. The monoisotopic (exact) mass is 251 g/mol. The Bertz CT molecular complexity index is 109. The molecule has 1 atom stereocenters. The van der Waals surface area contributed by atoms with Gasteiger partial charge in [-0.05, 0) is 24.4 Å². The lowest BCUT2D eigenvalue weighted by Gasteiger charge is -2.29. The summed E-state index contributed by atoms with van der Waals surface area (Å²) in [5, 5.41) is 0.571. The van der Waals surface area contributed by atoms with Crippen LogP contribution in [0.4, 0.5) is 0 Å². The van der Waals surface area contributed by atoms with E-state index in [0.29, 0.717) is 5.16 Å². The summed E-state index contributed by atoms with van der Waals surface area (Å²) in [5.74, 6) is 0. The first kappa shape index (κ1) is 21.6. The zero-order chi connectivity index (χ0) is 10.9. The summed E-state index contributed by atoms with van der Waals surface area (Å²) in [7, 11) is 3.17. The van der Waals surface area contributed by atoms with Gasteiger partial charge in [0.2, 0.25) is 0 Å². The van der Waals surface area contributed by atoms with Gasteiger partial charge in [-0.2, -0.15) is 0 Å². The third-order valence-corrected chi connectivity index (χ3v) is 3.95. The van der Waals surface area contributed by atoms with Crippen molar-refractivity contribution in [2.75, 3.05) is 0 Å². The Morgan fingerprint density at radius 1 is 0.750 bits per heavy atom. The smallest absolute Gasteiger partial charge is 0.0150 e. The molecule has 3 heteroatoms. The number of hydrogen-bond acceptors (Lipinski definition) is 1. The Kier molecular flexibility index (Phi) is 18.1. The van der Waals surface area contributed by atoms with Crippen molar-refractivity contribution < 1.29 is 5.48 Å². The van der Waals surface area contributed by atoms with E-state index < -0.39 is 0 Å². The van der Waals surface area contributed by atoms with Crippen LogP contribution in [0.5, 0.6) is 0 Å². The molecule has 0 fully saturated rings. The summed E-state index contributed by atoms with van der Waals surface area (Å²) < 4.78 is 0. The first-order valence-corrected chi connectivity index (χ1v) is 7.05. The lowest BCUT2D eigenvalue weighted by atomic mass is 9.90. The molecule has 5 N–H and O–H groups in total. The van der Waals surface area contributed by atoms with Crippen molar-refractivity contribution in [3.63, 3.8) is 0 Å². The average Bonchev–Trinajstić information content (AvgIpc) is 2.21. The van der Waals surface area contributed by atoms with Crippen LogP contribution in [0.15, 0.2) is 0 Å². The van der Waals surface area contributed by atoms with Crippen LogP contribution >= 0.6 is 9.24 Å². The highest BCUT2D eigenvalue weighted by Gasteiger charge is 2.22. The van der Waals surface area contributed by atoms with Crippen molar-refractivity contribution in [1.29, 1.82) is 0 Å². The summed E-state index contributed by atoms with van der Waals surface area (Å²) in [4.78, 5) is 0. The molecule has 0 aliphatic carbocycles. The first-order valence-electron chi connectivity index (χ1n) is 6.47. The highest BCUT2D eigenvalue weighted by atomic mass is 31.0. The molecule has 0 heterocycles. The topological polar surface area (TPSA) is 66.5 Å². The van der Waals surface area contributed by atoms with Crippen LogP contribution in [0.25, 0.3) is 0 Å². The maximum absolute atomic E-state index is 3.17. The van der Waals surface area contributed by atoms with Gasteiger partial charge in [0.25, 0.3) is 0 Å². The number of hydrogen-bond donors (Lipinski definition) is 1. The molecular weight excluding hydrogens is 217 g/mol. The molecule has 0 aliphatic heterocycles. The van der Waals surface area contributed by atoms with Crippen LogP contribution in [0.2, 0.25) is 0 Å². The Labute approximate surface area is 105 Å². The van der Waals surface area contributed by atoms with E-state index in [2.05, 4.69) is 30.0 Å². The van der Waals surface area contributed by atoms with E-state index in [1.807, 2.05) is 0 Å². The Balaban J connectivity index is -0.000000845. The van der Waals surface area contributed by atoms with E-state index in [1.165, 1.54) is 57.8 Å². The van der Waals surface area contributed by atoms with Crippen molar-refractivity contribution in [2.24, 2.45) is 0 Å². The lowest BCUT2D eigenvalue weighted by Crippen LogP contribution is -2.20. The van der Waals surface area contributed by atoms with E-state index in [9.17, 15) is 0 Å². The van der Waals surface area contributed by atoms with Crippen molar-refractivity contribution in [2.45, 2.75) is 83.7 Å². The Hall–Kier alpha value is 0.350. The van der Waals surface area contributed by atoms with Crippen LogP contribution < -0.4 is 6.15 Å². The van der Waals surface area contributed by atoms with Gasteiger partial charge >= 0.3 is 0 Å². The predicted octanol–water partition coefficient (Wildman–Crippen LogP) is 4.51. The molecule has 1 unspecified atom stereocenters. The maximum atomic E-state index is 3.17. The van der Waals surface area contributed by atoms with Gasteiger partial charge in [-0.25, -0.2) is 0 Å². The van der Waals surface area contributed by atoms with Crippen LogP contribution in [0, 0.1) is 0 Å². The minimum absolute atomic E-state index is 0. The van der Waals surface area contributed by atoms with Gasteiger partial charge in [0, 0.05) is 0 Å². The molecule has 0 rings (SSSR count). The molecule has 0 spiro atoms. The van der Waals surface area contributed by atoms with Crippen LogP contribution in [0.3, 0.4) is 0 Å². The molecule has 0 aromatic rings. The second kappa shape index (κ2) is 13.4. The fraction of sp³-hybridized carbons (Fsp3) is 1.00. The molecule has 0 amide bonds. The second-order valence-electron chi connectivity index (χ2n) is 4.67. The van der Waals surface area contributed by atoms with Crippen LogP contribution in [-0.4, -0.2) is 10.6 Å². The predicted molar refractivity (Wildman–Crippen MR) is 79.7 cm³/mol. The molecule has 0 bridgehead atoms. The summed E-state index contributed by atoms with van der Waals surface area (Å²) in [5.41, 5.74) is 0. The summed E-state index contributed by atoms with van der Waals surface area (Å²) >= 11 is 0. The quantitative estimate of drug-likeness (QED) is 0.602. The molecule has 0 aromatic carbocycles. The molecule has 16 heavy (non-hydrogen) atoms. The van der Waals surface area contributed by atoms with Gasteiger partial charge in [-0.1, -0.05) is 59.3 Å². The minimum atomic E-state index is 0. The fourth-order valence-corrected chi connectivity index (χ4v) is 2.57. The summed E-state index contributed by atoms with van der Waals surface area (Å²) in [6.45, 7) is 6.89. The maximum Gasteiger partial charge on any atom is -0.0150 e. The summed E-state index contributed by atoms with van der Waals surface area (Å²) in [6, 6.07) is 0. The zero-order valence-corrected chi connectivity index (χ0v) is 12.8. The van der Waals surface area contributed by atoms with E-state index >= 15 is 0 Å². The van der Waals surface area contributed by atoms with E-state index in [0.717, 1.165) is 0 Å². The van der Waals surface area contributed by atoms with E-state index in [-0.39, 0.29) is 11.6 Å². The fourth-order valence-electron chi connectivity index (χ4n) is 1.96. The molecule has 102 valence electrons. The van der Waals surface area contributed by atoms with Gasteiger partial charge in [0.1, 0.15) is 0 Å². The van der Waals surface area contributed by atoms with Gasteiger partial charge in [0.05, 0.1) is 0 Å². The van der Waals surface area contributed by atoms with Gasteiger partial charge < -0.3 is 11.6 Å². The average molecular weight is 251 g/mol. The highest BCUT2D eigenvalue weighted by Crippen LogP contribution is 2.36. The van der Waals surface area contributed by atoms with Gasteiger partial charge in [-0.15, -0.1) is 9.24 Å². The molecule has 2 nitrogen and oxygen atoms in total. The first-order chi connectivity index (χ1) is 6.68. The molecule has 0 radical (unpaired) electrons. The van der Waals surface area contributed by atoms with Crippen LogP contribution in [0.1, 0.15) is 78.6 Å². The molecule has 0 aromatic heterocycles. The number of unbranched alkanes of at least 4 members (excludes halogenated alkanes) is 3. The second-order valence-corrected chi connectivity index (χ2v) is 5.90. The zero-order valence-electron chi connectivity index (χ0n) is 11.6. The lowest BCUT2D eigenvalue weighted by molar-refractivity contribution is 0.424. The van der Waals surface area contributed by atoms with E-state index in [1.54, 1.807) is 0 Å². The third kappa shape index (κ3) is 10.9. The van der Waals surface area contributed by atoms with E-state index in [4.69, 9.17) is 0 Å². The minimum Gasteiger partial charge on any atom is -0.412 e. The van der Waals surface area contributed by atoms with Gasteiger partial charge in [-0.3, -0.25) is 0 Å². The molecule has 0 saturated heterocycles. The Morgan fingerprint density at radius 3 is 1.19 bits per heavy atom. The number of rotatable bonds is 9. The van der Waals surface area contributed by atoms with Crippen molar-refractivity contribution in [3.05, 3.63) is 0 Å².